The summed E-state index contributed by atoms with van der Waals surface area (Å²) in [5, 5.41) is 4.98. The van der Waals surface area contributed by atoms with Crippen molar-refractivity contribution < 1.29 is 23.7 Å². The van der Waals surface area contributed by atoms with E-state index in [0.29, 0.717) is 12.7 Å². The molecule has 2 aliphatic rings. The number of amides is 1. The normalized spacial score (nSPS) is 22.7. The van der Waals surface area contributed by atoms with E-state index in [4.69, 9.17) is 18.9 Å². The van der Waals surface area contributed by atoms with Gasteiger partial charge in [0.1, 0.15) is 17.6 Å². The van der Waals surface area contributed by atoms with Crippen molar-refractivity contribution in [1.29, 1.82) is 0 Å². The Bertz CT molecular complexity index is 1150. The van der Waals surface area contributed by atoms with Crippen LogP contribution in [0.5, 0.6) is 11.5 Å². The number of carbonyl (C=O) groups is 1. The Balaban J connectivity index is 1.23. The lowest BCUT2D eigenvalue weighted by atomic mass is 9.90. The average Bonchev–Trinajstić information content (AvgIpc) is 2.84. The Morgan fingerprint density at radius 3 is 2.38 bits per heavy atom. The van der Waals surface area contributed by atoms with Gasteiger partial charge in [0.25, 0.3) is 0 Å². The predicted octanol–water partition coefficient (Wildman–Crippen LogP) is 5.42. The summed E-state index contributed by atoms with van der Waals surface area (Å²) < 4.78 is 23.6. The van der Waals surface area contributed by atoms with Gasteiger partial charge in [-0.05, 0) is 38.1 Å². The number of nitrogens with one attached hydrogen (secondary N) is 1. The number of benzene rings is 3. The smallest absolute Gasteiger partial charge is 0.235 e. The van der Waals surface area contributed by atoms with Crippen molar-refractivity contribution in [1.82, 2.24) is 0 Å². The third-order valence-corrected chi connectivity index (χ3v) is 7.36. The van der Waals surface area contributed by atoms with Crippen LogP contribution in [0, 0.1) is 5.41 Å². The fourth-order valence-electron chi connectivity index (χ4n) is 4.05. The summed E-state index contributed by atoms with van der Waals surface area (Å²) in [7, 11) is 0. The van der Waals surface area contributed by atoms with Crippen molar-refractivity contribution in [2.45, 2.75) is 26.2 Å². The van der Waals surface area contributed by atoms with Gasteiger partial charge in [0, 0.05) is 33.5 Å². The minimum absolute atomic E-state index is 0.137. The Hall–Kier alpha value is -2.74. The van der Waals surface area contributed by atoms with Gasteiger partial charge in [0.15, 0.2) is 6.29 Å². The number of anilines is 1. The maximum absolute atomic E-state index is 13.2. The zero-order valence-corrected chi connectivity index (χ0v) is 20.2. The molecule has 3 aromatic rings. The topological polar surface area (TPSA) is 66.0 Å². The van der Waals surface area contributed by atoms with Crippen LogP contribution in [0.4, 0.5) is 5.69 Å². The minimum atomic E-state index is -0.804. The second kappa shape index (κ2) is 9.86. The summed E-state index contributed by atoms with van der Waals surface area (Å²) in [4.78, 5) is 13.2. The van der Waals surface area contributed by atoms with Crippen molar-refractivity contribution in [3.63, 3.8) is 0 Å². The molecule has 0 atom stereocenters. The van der Waals surface area contributed by atoms with E-state index in [9.17, 15) is 4.79 Å². The van der Waals surface area contributed by atoms with Crippen molar-refractivity contribution in [2.75, 3.05) is 36.6 Å². The molecule has 1 amide bonds. The third-order valence-electron chi connectivity index (χ3n) is 6.15. The van der Waals surface area contributed by atoms with Crippen LogP contribution in [0.1, 0.15) is 25.7 Å². The van der Waals surface area contributed by atoms with E-state index >= 15 is 0 Å². The molecule has 0 bridgehead atoms. The lowest BCUT2D eigenvalue weighted by molar-refractivity contribution is -0.226. The van der Waals surface area contributed by atoms with Crippen LogP contribution in [0.3, 0.4) is 0 Å². The number of carbonyl (C=O) groups excluding carboxylic acids is 1. The van der Waals surface area contributed by atoms with E-state index in [1.54, 1.807) is 0 Å². The number of fused-ring (bicyclic) bond motifs is 1. The molecule has 1 N–H and O–H groups in total. The van der Waals surface area contributed by atoms with Gasteiger partial charge < -0.3 is 24.3 Å². The summed E-state index contributed by atoms with van der Waals surface area (Å²) >= 11 is 1.89. The van der Waals surface area contributed by atoms with E-state index in [-0.39, 0.29) is 19.1 Å². The molecule has 0 saturated carbocycles. The largest absolute Gasteiger partial charge is 0.493 e. The first kappa shape index (κ1) is 23.0. The maximum atomic E-state index is 13.2. The SMILES string of the molecule is CCOc1ccc(NC(=O)C2(C)COC(c3ccc(OC4CSC4)cc3)OC2)c2ccccc12. The van der Waals surface area contributed by atoms with Crippen LogP contribution >= 0.6 is 11.8 Å². The van der Waals surface area contributed by atoms with Crippen molar-refractivity contribution in [3.8, 4) is 11.5 Å². The molecule has 2 fully saturated rings. The fraction of sp³-hybridized carbons (Fsp3) is 0.370. The van der Waals surface area contributed by atoms with Crippen LogP contribution in [0.2, 0.25) is 0 Å². The first-order valence-corrected chi connectivity index (χ1v) is 12.7. The predicted molar refractivity (Wildman–Crippen MR) is 135 cm³/mol. The van der Waals surface area contributed by atoms with Gasteiger partial charge in [-0.3, -0.25) is 4.79 Å². The van der Waals surface area contributed by atoms with Crippen molar-refractivity contribution in [3.05, 3.63) is 66.2 Å². The number of hydrogen-bond donors (Lipinski definition) is 1. The zero-order chi connectivity index (χ0) is 23.5. The van der Waals surface area contributed by atoms with E-state index in [1.165, 1.54) is 0 Å². The standard InChI is InChI=1S/C27H29NO5S/c1-3-30-24-13-12-23(21-6-4-5-7-22(21)24)28-26(29)27(2)16-31-25(32-17-27)18-8-10-19(11-9-18)33-20-14-34-15-20/h4-13,20,25H,3,14-17H2,1-2H3,(H,28,29). The van der Waals surface area contributed by atoms with Crippen LogP contribution in [-0.2, 0) is 14.3 Å². The summed E-state index contributed by atoms with van der Waals surface area (Å²) in [5.41, 5.74) is 0.851. The van der Waals surface area contributed by atoms with Crippen molar-refractivity contribution >= 4 is 34.1 Å². The summed E-state index contributed by atoms with van der Waals surface area (Å²) in [6.07, 6.45) is -0.190. The molecule has 0 radical (unpaired) electrons. The summed E-state index contributed by atoms with van der Waals surface area (Å²) in [6.45, 7) is 4.92. The molecule has 3 aromatic carbocycles. The van der Waals surface area contributed by atoms with Gasteiger partial charge in [-0.15, -0.1) is 0 Å². The second-order valence-corrected chi connectivity index (χ2v) is 9.98. The highest BCUT2D eigenvalue weighted by atomic mass is 32.2. The molecule has 5 rings (SSSR count). The van der Waals surface area contributed by atoms with E-state index < -0.39 is 11.7 Å². The molecule has 6 nitrogen and oxygen atoms in total. The molecule has 0 spiro atoms. The Labute approximate surface area is 203 Å². The highest BCUT2D eigenvalue weighted by molar-refractivity contribution is 8.00. The Morgan fingerprint density at radius 1 is 1.03 bits per heavy atom. The molecule has 178 valence electrons. The Kier molecular flexibility index (Phi) is 6.68. The minimum Gasteiger partial charge on any atom is -0.493 e. The molecule has 0 aromatic heterocycles. The lowest BCUT2D eigenvalue weighted by Gasteiger charge is -2.36. The monoisotopic (exact) mass is 479 g/mol. The van der Waals surface area contributed by atoms with Gasteiger partial charge >= 0.3 is 0 Å². The number of thioether (sulfide) groups is 1. The maximum Gasteiger partial charge on any atom is 0.235 e. The highest BCUT2D eigenvalue weighted by Gasteiger charge is 2.40. The molecule has 0 aliphatic carbocycles. The molecular formula is C27H29NO5S. The van der Waals surface area contributed by atoms with Crippen LogP contribution < -0.4 is 14.8 Å². The number of rotatable bonds is 7. The molecule has 2 saturated heterocycles. The van der Waals surface area contributed by atoms with Crippen LogP contribution in [0.15, 0.2) is 60.7 Å². The molecule has 34 heavy (non-hydrogen) atoms. The second-order valence-electron chi connectivity index (χ2n) is 8.90. The quantitative estimate of drug-likeness (QED) is 0.488. The van der Waals surface area contributed by atoms with Crippen LogP contribution in [-0.4, -0.2) is 43.3 Å². The van der Waals surface area contributed by atoms with Gasteiger partial charge in [0.05, 0.1) is 25.2 Å². The summed E-state index contributed by atoms with van der Waals surface area (Å²) in [5.74, 6) is 3.62. The van der Waals surface area contributed by atoms with Crippen molar-refractivity contribution in [2.24, 2.45) is 5.41 Å². The summed E-state index contributed by atoms with van der Waals surface area (Å²) in [6, 6.07) is 19.5. The van der Waals surface area contributed by atoms with E-state index in [1.807, 2.05) is 86.3 Å². The molecule has 2 heterocycles. The Morgan fingerprint density at radius 2 is 1.74 bits per heavy atom. The van der Waals surface area contributed by atoms with E-state index in [2.05, 4.69) is 5.32 Å². The zero-order valence-electron chi connectivity index (χ0n) is 19.4. The highest BCUT2D eigenvalue weighted by Crippen LogP contribution is 2.36. The molecule has 7 heteroatoms. The van der Waals surface area contributed by atoms with E-state index in [0.717, 1.165) is 45.0 Å². The van der Waals surface area contributed by atoms with Gasteiger partial charge in [-0.2, -0.15) is 11.8 Å². The first-order valence-electron chi connectivity index (χ1n) is 11.6. The average molecular weight is 480 g/mol. The lowest BCUT2D eigenvalue weighted by Crippen LogP contribution is -2.45. The molecule has 0 unspecified atom stereocenters. The van der Waals surface area contributed by atoms with Crippen LogP contribution in [0.25, 0.3) is 10.8 Å². The van der Waals surface area contributed by atoms with Gasteiger partial charge in [-0.1, -0.05) is 36.4 Å². The third kappa shape index (κ3) is 4.73. The van der Waals surface area contributed by atoms with Gasteiger partial charge in [0.2, 0.25) is 5.91 Å². The number of ether oxygens (including phenoxy) is 4. The fourth-order valence-corrected chi connectivity index (χ4v) is 4.61. The van der Waals surface area contributed by atoms with Gasteiger partial charge in [-0.25, -0.2) is 0 Å². The molecule has 2 aliphatic heterocycles. The number of hydrogen-bond acceptors (Lipinski definition) is 6. The molecular weight excluding hydrogens is 450 g/mol. The first-order chi connectivity index (χ1) is 16.6.